The van der Waals surface area contributed by atoms with Gasteiger partial charge in [0.15, 0.2) is 6.10 Å². The monoisotopic (exact) mass is 347 g/mol. The number of aromatic nitrogens is 2. The van der Waals surface area contributed by atoms with Crippen molar-refractivity contribution in [2.75, 3.05) is 26.4 Å². The van der Waals surface area contributed by atoms with E-state index in [2.05, 4.69) is 15.3 Å². The van der Waals surface area contributed by atoms with Gasteiger partial charge in [-0.05, 0) is 31.4 Å². The molecule has 1 aliphatic heterocycles. The molecule has 2 aromatic heterocycles. The highest BCUT2D eigenvalue weighted by Crippen LogP contribution is 2.20. The van der Waals surface area contributed by atoms with Gasteiger partial charge in [0.1, 0.15) is 0 Å². The number of hydrogen-bond acceptors (Lipinski definition) is 6. The molecule has 2 aromatic rings. The molecule has 128 valence electrons. The second kappa shape index (κ2) is 8.86. The van der Waals surface area contributed by atoms with Crippen LogP contribution in [-0.2, 0) is 20.7 Å². The fourth-order valence-electron chi connectivity index (χ4n) is 2.42. The van der Waals surface area contributed by atoms with E-state index in [0.29, 0.717) is 26.4 Å². The smallest absolute Gasteiger partial charge is 0.251 e. The van der Waals surface area contributed by atoms with Gasteiger partial charge in [-0.25, -0.2) is 4.98 Å². The Morgan fingerprint density at radius 3 is 3.04 bits per heavy atom. The van der Waals surface area contributed by atoms with Crippen molar-refractivity contribution in [3.8, 4) is 11.4 Å². The zero-order chi connectivity index (χ0) is 16.6. The number of nitrogens with zero attached hydrogens (tertiary/aromatic N) is 2. The van der Waals surface area contributed by atoms with Gasteiger partial charge in [0.05, 0.1) is 36.2 Å². The molecular weight excluding hydrogens is 326 g/mol. The molecule has 0 aliphatic carbocycles. The molecule has 3 heterocycles. The van der Waals surface area contributed by atoms with Crippen molar-refractivity contribution in [3.63, 3.8) is 0 Å². The Balaban J connectivity index is 1.35. The van der Waals surface area contributed by atoms with Gasteiger partial charge in [-0.2, -0.15) is 0 Å². The molecule has 0 spiro atoms. The molecule has 0 aromatic carbocycles. The van der Waals surface area contributed by atoms with Crippen LogP contribution in [0.15, 0.2) is 29.8 Å². The fourth-order valence-corrected chi connectivity index (χ4v) is 3.26. The van der Waals surface area contributed by atoms with E-state index in [1.165, 1.54) is 0 Å². The van der Waals surface area contributed by atoms with Crippen molar-refractivity contribution >= 4 is 17.2 Å². The van der Waals surface area contributed by atoms with E-state index in [1.54, 1.807) is 17.5 Å². The van der Waals surface area contributed by atoms with Crippen molar-refractivity contribution in [2.45, 2.75) is 25.4 Å². The number of nitrogens with one attached hydrogen (secondary N) is 1. The average Bonchev–Trinajstić information content (AvgIpc) is 3.12. The number of carbonyl (C=O) groups excluding carboxylic acids is 1. The van der Waals surface area contributed by atoms with E-state index in [9.17, 15) is 4.79 Å². The van der Waals surface area contributed by atoms with Gasteiger partial charge >= 0.3 is 0 Å². The van der Waals surface area contributed by atoms with E-state index in [1.807, 2.05) is 23.6 Å². The minimum Gasteiger partial charge on any atom is -0.376 e. The minimum atomic E-state index is -0.460. The lowest BCUT2D eigenvalue weighted by molar-refractivity contribution is -0.147. The largest absolute Gasteiger partial charge is 0.376 e. The topological polar surface area (TPSA) is 73.3 Å². The van der Waals surface area contributed by atoms with Gasteiger partial charge in [0, 0.05) is 18.1 Å². The normalized spacial score (nSPS) is 17.6. The number of amides is 1. The van der Waals surface area contributed by atoms with E-state index < -0.39 is 6.10 Å². The second-order valence-corrected chi connectivity index (χ2v) is 6.47. The highest BCUT2D eigenvalue weighted by Gasteiger charge is 2.21. The lowest BCUT2D eigenvalue weighted by Gasteiger charge is -2.21. The molecule has 3 rings (SSSR count). The molecule has 1 atom stereocenters. The van der Waals surface area contributed by atoms with Crippen LogP contribution in [0.25, 0.3) is 11.4 Å². The molecule has 1 amide bonds. The van der Waals surface area contributed by atoms with Gasteiger partial charge in [0.2, 0.25) is 0 Å². The summed E-state index contributed by atoms with van der Waals surface area (Å²) in [6.07, 6.45) is 4.13. The van der Waals surface area contributed by atoms with Crippen LogP contribution in [0.3, 0.4) is 0 Å². The second-order valence-electron chi connectivity index (χ2n) is 5.52. The predicted molar refractivity (Wildman–Crippen MR) is 91.9 cm³/mol. The molecule has 7 heteroatoms. The number of pyridine rings is 1. The van der Waals surface area contributed by atoms with Crippen molar-refractivity contribution < 1.29 is 14.3 Å². The van der Waals surface area contributed by atoms with Crippen molar-refractivity contribution in [1.82, 2.24) is 15.3 Å². The fraction of sp³-hybridized carbons (Fsp3) is 0.471. The molecule has 1 N–H and O–H groups in total. The first-order valence-corrected chi connectivity index (χ1v) is 9.04. The first-order valence-electron chi connectivity index (χ1n) is 8.16. The summed E-state index contributed by atoms with van der Waals surface area (Å²) in [6.45, 7) is 2.05. The zero-order valence-corrected chi connectivity index (χ0v) is 14.3. The van der Waals surface area contributed by atoms with E-state index >= 15 is 0 Å². The molecule has 1 saturated heterocycles. The Bertz CT molecular complexity index is 642. The summed E-state index contributed by atoms with van der Waals surface area (Å²) in [6, 6.07) is 5.83. The van der Waals surface area contributed by atoms with Gasteiger partial charge < -0.3 is 14.8 Å². The van der Waals surface area contributed by atoms with Crippen LogP contribution in [0.2, 0.25) is 0 Å². The van der Waals surface area contributed by atoms with Crippen LogP contribution in [0.4, 0.5) is 0 Å². The molecule has 1 aliphatic rings. The Kier molecular flexibility index (Phi) is 6.28. The first-order chi connectivity index (χ1) is 11.8. The summed E-state index contributed by atoms with van der Waals surface area (Å²) in [5, 5.41) is 6.04. The molecule has 24 heavy (non-hydrogen) atoms. The lowest BCUT2D eigenvalue weighted by Crippen LogP contribution is -2.43. The molecule has 6 nitrogen and oxygen atoms in total. The van der Waals surface area contributed by atoms with Crippen LogP contribution in [0.1, 0.15) is 17.8 Å². The molecule has 0 saturated carbocycles. The Hall–Kier alpha value is -1.83. The highest BCUT2D eigenvalue weighted by molar-refractivity contribution is 7.09. The van der Waals surface area contributed by atoms with E-state index in [-0.39, 0.29) is 5.91 Å². The maximum Gasteiger partial charge on any atom is 0.251 e. The average molecular weight is 347 g/mol. The molecule has 0 bridgehead atoms. The standard InChI is InChI=1S/C17H21N3O3S/c21-17(15-11-22-9-10-23-15)19-8-4-2-6-16-20-14(12-24-16)13-5-1-3-7-18-13/h1,3,5,7,12,15H,2,4,6,8-11H2,(H,19,21)/t15-/m0/s1. The Morgan fingerprint density at radius 1 is 1.29 bits per heavy atom. The zero-order valence-electron chi connectivity index (χ0n) is 13.4. The van der Waals surface area contributed by atoms with Crippen LogP contribution in [0.5, 0.6) is 0 Å². The number of thiazole rings is 1. The summed E-state index contributed by atoms with van der Waals surface area (Å²) >= 11 is 1.66. The summed E-state index contributed by atoms with van der Waals surface area (Å²) in [5.74, 6) is -0.0820. The van der Waals surface area contributed by atoms with Gasteiger partial charge in [0.25, 0.3) is 5.91 Å². The third kappa shape index (κ3) is 4.83. The maximum absolute atomic E-state index is 11.9. The summed E-state index contributed by atoms with van der Waals surface area (Å²) in [7, 11) is 0. The van der Waals surface area contributed by atoms with E-state index in [4.69, 9.17) is 9.47 Å². The van der Waals surface area contributed by atoms with Crippen LogP contribution < -0.4 is 5.32 Å². The van der Waals surface area contributed by atoms with Crippen molar-refractivity contribution in [3.05, 3.63) is 34.8 Å². The highest BCUT2D eigenvalue weighted by atomic mass is 32.1. The lowest BCUT2D eigenvalue weighted by atomic mass is 10.2. The molecule has 1 fully saturated rings. The number of rotatable bonds is 7. The first kappa shape index (κ1) is 17.0. The predicted octanol–water partition coefficient (Wildman–Crippen LogP) is 2.06. The number of ether oxygens (including phenoxy) is 2. The summed E-state index contributed by atoms with van der Waals surface area (Å²) in [4.78, 5) is 20.8. The maximum atomic E-state index is 11.9. The number of aryl methyl sites for hydroxylation is 1. The minimum absolute atomic E-state index is 0.0820. The number of hydrogen-bond donors (Lipinski definition) is 1. The van der Waals surface area contributed by atoms with Gasteiger partial charge in [-0.15, -0.1) is 11.3 Å². The SMILES string of the molecule is O=C(NCCCCc1nc(-c2ccccn2)cs1)[C@@H]1COCCO1. The molecule has 0 radical (unpaired) electrons. The Morgan fingerprint density at radius 2 is 2.25 bits per heavy atom. The van der Waals surface area contributed by atoms with Crippen LogP contribution >= 0.6 is 11.3 Å². The third-order valence-electron chi connectivity index (χ3n) is 3.70. The number of unbranched alkanes of at least 4 members (excludes halogenated alkanes) is 1. The van der Waals surface area contributed by atoms with Gasteiger partial charge in [-0.3, -0.25) is 9.78 Å². The quantitative estimate of drug-likeness (QED) is 0.776. The molecule has 0 unspecified atom stereocenters. The van der Waals surface area contributed by atoms with E-state index in [0.717, 1.165) is 35.7 Å². The van der Waals surface area contributed by atoms with Crippen molar-refractivity contribution in [1.29, 1.82) is 0 Å². The molecular formula is C17H21N3O3S. The Labute approximate surface area is 145 Å². The van der Waals surface area contributed by atoms with Crippen molar-refractivity contribution in [2.24, 2.45) is 0 Å². The van der Waals surface area contributed by atoms with Crippen LogP contribution in [-0.4, -0.2) is 48.3 Å². The summed E-state index contributed by atoms with van der Waals surface area (Å²) in [5.41, 5.74) is 1.83. The summed E-state index contributed by atoms with van der Waals surface area (Å²) < 4.78 is 10.6. The van der Waals surface area contributed by atoms with Crippen LogP contribution in [0, 0.1) is 0 Å². The van der Waals surface area contributed by atoms with Gasteiger partial charge in [-0.1, -0.05) is 6.07 Å². The number of carbonyl (C=O) groups is 1. The third-order valence-corrected chi connectivity index (χ3v) is 4.61.